The van der Waals surface area contributed by atoms with Gasteiger partial charge in [0.1, 0.15) is 0 Å². The molecule has 3 aromatic heterocycles. The van der Waals surface area contributed by atoms with E-state index in [-0.39, 0.29) is 5.56 Å². The van der Waals surface area contributed by atoms with Gasteiger partial charge in [-0.3, -0.25) is 4.57 Å². The van der Waals surface area contributed by atoms with Crippen LogP contribution in [-0.4, -0.2) is 19.1 Å². The van der Waals surface area contributed by atoms with Crippen LogP contribution in [0.2, 0.25) is 0 Å². The number of hydrogen-bond acceptors (Lipinski definition) is 2. The molecule has 0 saturated heterocycles. The predicted octanol–water partition coefficient (Wildman–Crippen LogP) is 9.80. The summed E-state index contributed by atoms with van der Waals surface area (Å²) in [4.78, 5) is 9.06. The fourth-order valence-electron chi connectivity index (χ4n) is 5.11. The van der Waals surface area contributed by atoms with Gasteiger partial charge in [0.25, 0.3) is 0 Å². The van der Waals surface area contributed by atoms with Gasteiger partial charge in [0.15, 0.2) is 0 Å². The quantitative estimate of drug-likeness (QED) is 0.211. The first kappa shape index (κ1) is 10.5. The van der Waals surface area contributed by atoms with Crippen LogP contribution in [0.25, 0.3) is 77.4 Å². The summed E-state index contributed by atoms with van der Waals surface area (Å²) in [5, 5.41) is -2.39. The normalized spacial score (nSPS) is 19.3. The summed E-state index contributed by atoms with van der Waals surface area (Å²) in [6.45, 7) is 1.33. The molecule has 0 saturated carbocycles. The maximum Gasteiger partial charge on any atom is 0.235 e. The van der Waals surface area contributed by atoms with Crippen molar-refractivity contribution in [3.63, 3.8) is 0 Å². The van der Waals surface area contributed by atoms with Gasteiger partial charge in [-0.2, -0.15) is 0 Å². The lowest BCUT2D eigenvalue weighted by atomic mass is 10.1. The molecule has 6 aromatic carbocycles. The van der Waals surface area contributed by atoms with Crippen molar-refractivity contribution in [3.05, 3.63) is 145 Å². The van der Waals surface area contributed by atoms with Crippen molar-refractivity contribution < 1.29 is 31.5 Å². The number of nitrogens with zero attached hydrogens (tertiary/aromatic N) is 4. The third-order valence-corrected chi connectivity index (χ3v) is 6.92. The zero-order chi connectivity index (χ0) is 48.5. The van der Waals surface area contributed by atoms with Gasteiger partial charge in [0.2, 0.25) is 5.95 Å². The Balaban J connectivity index is 1.63. The second kappa shape index (κ2) is 9.13. The Morgan fingerprint density at radius 3 is 1.74 bits per heavy atom. The number of aromatic nitrogens is 4. The minimum atomic E-state index is -0.866. The van der Waals surface area contributed by atoms with Gasteiger partial charge in [-0.25, -0.2) is 9.97 Å². The third-order valence-electron chi connectivity index (χ3n) is 6.92. The van der Waals surface area contributed by atoms with Crippen LogP contribution in [0, 0.1) is 6.92 Å². The van der Waals surface area contributed by atoms with E-state index in [1.807, 2.05) is 0 Å². The highest BCUT2D eigenvalue weighted by Gasteiger charge is 2.20. The van der Waals surface area contributed by atoms with Crippen molar-refractivity contribution in [2.45, 2.75) is 6.92 Å². The van der Waals surface area contributed by atoms with Gasteiger partial charge in [0.05, 0.1) is 64.8 Å². The molecule has 0 N–H and O–H groups in total. The van der Waals surface area contributed by atoms with E-state index >= 15 is 0 Å². The summed E-state index contributed by atoms with van der Waals surface area (Å²) < 4.78 is 206. The number of benzene rings is 6. The van der Waals surface area contributed by atoms with Crippen molar-refractivity contribution in [1.29, 1.82) is 0 Å². The van der Waals surface area contributed by atoms with Crippen LogP contribution in [-0.2, 0) is 0 Å². The van der Waals surface area contributed by atoms with Crippen LogP contribution in [0.1, 0.15) is 37.1 Å². The van der Waals surface area contributed by atoms with E-state index in [0.717, 1.165) is 9.13 Å². The molecule has 4 nitrogen and oxygen atoms in total. The molecule has 0 spiro atoms. The molecular weight excluding hydrogens is 524 g/mol. The van der Waals surface area contributed by atoms with E-state index < -0.39 is 216 Å². The standard InChI is InChI=1S/C39H26N4/c1-25-19-21-26(22-20-25)38-30-15-5-8-16-33(30)40-39(41-38)43-35-18-10-7-14-29(35)32-23-36-31(24-37(32)43)28-13-6-9-17-34(28)42(36)27-11-3-2-4-12-27/h2-24H,1H3/i2D,3D,4D,5D,6D,7D,8D,9D,10D,11D,12D,13D,14D,15D,16D,17D,18D,19D,20D,21D,22D,23D,24D. The average Bonchev–Trinajstić information content (AvgIpc) is 3.85. The van der Waals surface area contributed by atoms with Gasteiger partial charge in [-0.1, -0.05) is 102 Å². The molecule has 0 bridgehead atoms. The molecule has 202 valence electrons. The first-order chi connectivity index (χ1) is 30.8. The SMILES string of the molecule is [2H]c1c([2H])c([2H])c(-n2c3c([2H])c([2H])c([2H])c([2H])c3c3c([2H])c4c(c([2H])c32)c2c([2H])c([2H])c([2H])c([2H])c2n4-c2nc(-c3c([2H])c([2H])c(C)c([2H])c3[2H])c3c([2H])c([2H])c([2H])c([2H])c3n2)c([2H])c1[2H]. The first-order valence-electron chi connectivity index (χ1n) is 24.2. The molecule has 0 aliphatic rings. The molecule has 0 amide bonds. The van der Waals surface area contributed by atoms with Gasteiger partial charge in [0, 0.05) is 38.2 Å². The highest BCUT2D eigenvalue weighted by Crippen LogP contribution is 2.39. The second-order valence-corrected chi connectivity index (χ2v) is 9.38. The Bertz CT molecular complexity index is 3760. The van der Waals surface area contributed by atoms with Gasteiger partial charge < -0.3 is 4.57 Å². The number of fused-ring (bicyclic) bond motifs is 7. The molecule has 0 radical (unpaired) electrons. The zero-order valence-corrected chi connectivity index (χ0v) is 21.8. The molecule has 0 aliphatic heterocycles. The molecule has 9 rings (SSSR count). The topological polar surface area (TPSA) is 35.6 Å². The Labute approximate surface area is 280 Å². The van der Waals surface area contributed by atoms with E-state index in [1.54, 1.807) is 0 Å². The van der Waals surface area contributed by atoms with Crippen LogP contribution in [0.5, 0.6) is 0 Å². The minimum absolute atomic E-state index is 0.0702. The van der Waals surface area contributed by atoms with Crippen LogP contribution in [0.15, 0.2) is 139 Å². The number of rotatable bonds is 3. The third kappa shape index (κ3) is 3.57. The molecule has 9 aromatic rings. The number of hydrogen-bond donors (Lipinski definition) is 0. The van der Waals surface area contributed by atoms with E-state index in [9.17, 15) is 5.48 Å². The van der Waals surface area contributed by atoms with Crippen molar-refractivity contribution in [2.24, 2.45) is 0 Å². The van der Waals surface area contributed by atoms with Crippen molar-refractivity contribution in [2.75, 3.05) is 0 Å². The first-order valence-corrected chi connectivity index (χ1v) is 12.7. The largest absolute Gasteiger partial charge is 0.309 e. The highest BCUT2D eigenvalue weighted by atomic mass is 15.2. The van der Waals surface area contributed by atoms with Gasteiger partial charge in [-0.15, -0.1) is 0 Å². The summed E-state index contributed by atoms with van der Waals surface area (Å²) in [5.74, 6) is -0.728. The fraction of sp³-hybridized carbons (Fsp3) is 0.0256. The Kier molecular flexibility index (Phi) is 2.23. The van der Waals surface area contributed by atoms with E-state index in [4.69, 9.17) is 26.0 Å². The fourth-order valence-corrected chi connectivity index (χ4v) is 5.11. The van der Waals surface area contributed by atoms with Crippen LogP contribution >= 0.6 is 0 Å². The Morgan fingerprint density at radius 2 is 1.05 bits per heavy atom. The molecule has 0 unspecified atom stereocenters. The molecule has 0 fully saturated rings. The molecule has 0 atom stereocenters. The minimum Gasteiger partial charge on any atom is -0.309 e. The van der Waals surface area contributed by atoms with Crippen LogP contribution in [0.4, 0.5) is 0 Å². The maximum atomic E-state index is 9.97. The van der Waals surface area contributed by atoms with Gasteiger partial charge in [-0.05, 0) is 49.2 Å². The molecule has 4 heteroatoms. The lowest BCUT2D eigenvalue weighted by Crippen LogP contribution is -2.03. The summed E-state index contributed by atoms with van der Waals surface area (Å²) in [7, 11) is 0. The van der Waals surface area contributed by atoms with Gasteiger partial charge >= 0.3 is 0 Å². The molecule has 43 heavy (non-hydrogen) atoms. The Hall–Kier alpha value is -5.74. The van der Waals surface area contributed by atoms with Crippen molar-refractivity contribution >= 4 is 54.5 Å². The van der Waals surface area contributed by atoms with Crippen LogP contribution < -0.4 is 0 Å². The molecule has 0 aliphatic carbocycles. The second-order valence-electron chi connectivity index (χ2n) is 9.38. The molecular formula is C39H26N4. The van der Waals surface area contributed by atoms with Crippen molar-refractivity contribution in [3.8, 4) is 22.9 Å². The summed E-state index contributed by atoms with van der Waals surface area (Å²) in [6, 6.07) is -17.9. The maximum absolute atomic E-state index is 9.97. The molecule has 3 heterocycles. The predicted molar refractivity (Wildman–Crippen MR) is 178 cm³/mol. The van der Waals surface area contributed by atoms with Crippen molar-refractivity contribution in [1.82, 2.24) is 19.1 Å². The summed E-state index contributed by atoms with van der Waals surface area (Å²) >= 11 is 0. The van der Waals surface area contributed by atoms with E-state index in [1.165, 1.54) is 6.92 Å². The lowest BCUT2D eigenvalue weighted by molar-refractivity contribution is 1.01. The summed E-state index contributed by atoms with van der Waals surface area (Å²) in [6.07, 6.45) is 0. The smallest absolute Gasteiger partial charge is 0.235 e. The Morgan fingerprint density at radius 1 is 0.488 bits per heavy atom. The average molecular weight is 574 g/mol. The number of para-hydroxylation sites is 4. The van der Waals surface area contributed by atoms with E-state index in [2.05, 4.69) is 9.97 Å². The zero-order valence-electron chi connectivity index (χ0n) is 44.8. The van der Waals surface area contributed by atoms with Crippen LogP contribution in [0.3, 0.4) is 0 Å². The lowest BCUT2D eigenvalue weighted by Gasteiger charge is -2.12. The summed E-state index contributed by atoms with van der Waals surface area (Å²) in [5.41, 5.74) is -4.57. The highest BCUT2D eigenvalue weighted by molar-refractivity contribution is 6.19. The monoisotopic (exact) mass is 573 g/mol. The van der Waals surface area contributed by atoms with E-state index in [0.29, 0.717) is 0 Å².